The molecule has 0 saturated heterocycles. The number of esters is 1. The number of Topliss-reactive ketones (excluding diaryl/α,β-unsaturated/α-hetero) is 2. The lowest BCUT2D eigenvalue weighted by molar-refractivity contribution is 0.0715. The zero-order chi connectivity index (χ0) is 16.1. The molecule has 1 heterocycles. The number of rotatable bonds is 2. The fourth-order valence-electron chi connectivity index (χ4n) is 2.75. The summed E-state index contributed by atoms with van der Waals surface area (Å²) in [5, 5.41) is 0. The first-order valence-electron chi connectivity index (χ1n) is 6.97. The zero-order valence-corrected chi connectivity index (χ0v) is 11.9. The van der Waals surface area contributed by atoms with Crippen molar-refractivity contribution in [3.05, 3.63) is 65.2 Å². The molecule has 23 heavy (non-hydrogen) atoms. The second-order valence-corrected chi connectivity index (χ2v) is 5.35. The van der Waals surface area contributed by atoms with Crippen molar-refractivity contribution >= 4 is 23.3 Å². The second kappa shape index (κ2) is 4.64. The van der Waals surface area contributed by atoms with Gasteiger partial charge in [-0.2, -0.15) is 0 Å². The summed E-state index contributed by atoms with van der Waals surface area (Å²) in [7, 11) is 0. The van der Waals surface area contributed by atoms with Crippen molar-refractivity contribution in [1.82, 2.24) is 0 Å². The van der Waals surface area contributed by atoms with E-state index in [4.69, 9.17) is 9.47 Å². The molecule has 5 heteroatoms. The zero-order valence-electron chi connectivity index (χ0n) is 11.9. The van der Waals surface area contributed by atoms with Crippen molar-refractivity contribution in [2.45, 2.75) is 6.42 Å². The summed E-state index contributed by atoms with van der Waals surface area (Å²) >= 11 is 0. The number of fused-ring (bicyclic) bond motifs is 2. The molecule has 1 aliphatic heterocycles. The Bertz CT molecular complexity index is 848. The van der Waals surface area contributed by atoms with Gasteiger partial charge in [-0.1, -0.05) is 6.58 Å². The number of benzene rings is 2. The van der Waals surface area contributed by atoms with Crippen LogP contribution in [0.3, 0.4) is 0 Å². The molecular weight excluding hydrogens is 296 g/mol. The Balaban J connectivity index is 1.68. The Morgan fingerprint density at radius 2 is 1.43 bits per heavy atom. The Morgan fingerprint density at radius 3 is 2.17 bits per heavy atom. The van der Waals surface area contributed by atoms with Crippen LogP contribution in [0.5, 0.6) is 11.5 Å². The molecular formula is C18H10O5. The topological polar surface area (TPSA) is 69.7 Å². The average molecular weight is 306 g/mol. The molecule has 0 bridgehead atoms. The van der Waals surface area contributed by atoms with Crippen LogP contribution in [0, 0.1) is 0 Å². The van der Waals surface area contributed by atoms with Crippen molar-refractivity contribution in [2.75, 3.05) is 0 Å². The van der Waals surface area contributed by atoms with Crippen LogP contribution < -0.4 is 4.74 Å². The van der Waals surface area contributed by atoms with Crippen molar-refractivity contribution in [3.8, 4) is 11.5 Å². The van der Waals surface area contributed by atoms with E-state index in [9.17, 15) is 14.4 Å². The molecule has 0 N–H and O–H groups in total. The van der Waals surface area contributed by atoms with Gasteiger partial charge in [0.05, 0.1) is 12.0 Å². The molecule has 0 spiro atoms. The average Bonchev–Trinajstić information content (AvgIpc) is 2.96. The summed E-state index contributed by atoms with van der Waals surface area (Å²) in [6.45, 7) is 3.68. The normalized spacial score (nSPS) is 15.5. The number of hydrogen-bond donors (Lipinski definition) is 0. The van der Waals surface area contributed by atoms with Gasteiger partial charge in [0.25, 0.3) is 0 Å². The predicted octanol–water partition coefficient (Wildman–Crippen LogP) is 3.39. The maximum atomic E-state index is 11.8. The molecule has 4 rings (SSSR count). The van der Waals surface area contributed by atoms with Crippen LogP contribution in [0.4, 0.5) is 0 Å². The molecule has 0 aromatic heterocycles. The molecule has 2 aromatic carbocycles. The van der Waals surface area contributed by atoms with Crippen LogP contribution in [-0.2, 0) is 4.74 Å². The number of cyclic esters (lactones) is 1. The molecule has 2 aliphatic rings. The summed E-state index contributed by atoms with van der Waals surface area (Å²) in [4.78, 5) is 34.9. The van der Waals surface area contributed by atoms with Crippen molar-refractivity contribution in [1.29, 1.82) is 0 Å². The molecule has 0 radical (unpaired) electrons. The van der Waals surface area contributed by atoms with Gasteiger partial charge in [0, 0.05) is 16.7 Å². The molecule has 1 aliphatic carbocycles. The van der Waals surface area contributed by atoms with Gasteiger partial charge in [-0.05, 0) is 36.4 Å². The van der Waals surface area contributed by atoms with Crippen LogP contribution in [0.1, 0.15) is 43.1 Å². The summed E-state index contributed by atoms with van der Waals surface area (Å²) in [5.74, 6) is 0.420. The molecule has 2 aromatic rings. The van der Waals surface area contributed by atoms with Crippen LogP contribution >= 0.6 is 0 Å². The van der Waals surface area contributed by atoms with Crippen LogP contribution in [-0.4, -0.2) is 17.5 Å². The van der Waals surface area contributed by atoms with Crippen LogP contribution in [0.25, 0.3) is 5.76 Å². The first-order valence-corrected chi connectivity index (χ1v) is 6.97. The minimum atomic E-state index is -0.432. The van der Waals surface area contributed by atoms with Gasteiger partial charge in [-0.15, -0.1) is 0 Å². The molecule has 0 atom stereocenters. The van der Waals surface area contributed by atoms with E-state index < -0.39 is 5.97 Å². The standard InChI is InChI=1S/C18H10O5/c1-9-14-6-10(3-5-13(14)18(21)22-9)23-11-2-4-12-15(7-11)17(20)8-16(12)19/h2-7H,1,8H2. The highest BCUT2D eigenvalue weighted by atomic mass is 16.5. The summed E-state index contributed by atoms with van der Waals surface area (Å²) in [6.07, 6.45) is -0.0864. The van der Waals surface area contributed by atoms with Crippen molar-refractivity contribution in [2.24, 2.45) is 0 Å². The van der Waals surface area contributed by atoms with Crippen LogP contribution in [0.2, 0.25) is 0 Å². The van der Waals surface area contributed by atoms with Crippen molar-refractivity contribution in [3.63, 3.8) is 0 Å². The van der Waals surface area contributed by atoms with E-state index in [1.54, 1.807) is 36.4 Å². The van der Waals surface area contributed by atoms with E-state index in [0.717, 1.165) is 0 Å². The number of carbonyl (C=O) groups is 3. The Labute approximate surface area is 131 Å². The SMILES string of the molecule is C=C1OC(=O)c2ccc(Oc3ccc4c(c3)C(=O)CC4=O)cc21. The van der Waals surface area contributed by atoms with E-state index in [1.165, 1.54) is 0 Å². The minimum Gasteiger partial charge on any atom is -0.457 e. The summed E-state index contributed by atoms with van der Waals surface area (Å²) in [5.41, 5.74) is 1.84. The maximum Gasteiger partial charge on any atom is 0.344 e. The second-order valence-electron chi connectivity index (χ2n) is 5.35. The first-order chi connectivity index (χ1) is 11.0. The molecule has 0 saturated carbocycles. The van der Waals surface area contributed by atoms with E-state index in [-0.39, 0.29) is 23.7 Å². The summed E-state index contributed by atoms with van der Waals surface area (Å²) in [6, 6.07) is 9.69. The Kier molecular flexibility index (Phi) is 2.72. The lowest BCUT2D eigenvalue weighted by Gasteiger charge is -2.08. The minimum absolute atomic E-state index is 0.0864. The van der Waals surface area contributed by atoms with Gasteiger partial charge in [0.15, 0.2) is 11.6 Å². The van der Waals surface area contributed by atoms with E-state index in [0.29, 0.717) is 33.8 Å². The monoisotopic (exact) mass is 306 g/mol. The van der Waals surface area contributed by atoms with E-state index >= 15 is 0 Å². The van der Waals surface area contributed by atoms with E-state index in [1.807, 2.05) is 0 Å². The highest BCUT2D eigenvalue weighted by molar-refractivity contribution is 6.24. The van der Waals surface area contributed by atoms with Gasteiger partial charge in [0.2, 0.25) is 0 Å². The number of hydrogen-bond acceptors (Lipinski definition) is 5. The van der Waals surface area contributed by atoms with Gasteiger partial charge < -0.3 is 9.47 Å². The highest BCUT2D eigenvalue weighted by Crippen LogP contribution is 2.34. The van der Waals surface area contributed by atoms with Crippen molar-refractivity contribution < 1.29 is 23.9 Å². The Morgan fingerprint density at radius 1 is 0.826 bits per heavy atom. The molecule has 112 valence electrons. The van der Waals surface area contributed by atoms with Crippen LogP contribution in [0.15, 0.2) is 43.0 Å². The number of ketones is 2. The third-order valence-electron chi connectivity index (χ3n) is 3.88. The van der Waals surface area contributed by atoms with E-state index in [2.05, 4.69) is 6.58 Å². The molecule has 0 amide bonds. The van der Waals surface area contributed by atoms with Gasteiger partial charge in [-0.3, -0.25) is 9.59 Å². The van der Waals surface area contributed by atoms with Gasteiger partial charge >= 0.3 is 5.97 Å². The quantitative estimate of drug-likeness (QED) is 0.628. The van der Waals surface area contributed by atoms with Gasteiger partial charge in [-0.25, -0.2) is 4.79 Å². The third-order valence-corrected chi connectivity index (χ3v) is 3.88. The number of carbonyl (C=O) groups excluding carboxylic acids is 3. The van der Waals surface area contributed by atoms with Gasteiger partial charge in [0.1, 0.15) is 17.3 Å². The number of ether oxygens (including phenoxy) is 2. The lowest BCUT2D eigenvalue weighted by Crippen LogP contribution is -1.94. The summed E-state index contributed by atoms with van der Waals surface area (Å²) < 4.78 is 10.7. The third kappa shape index (κ3) is 2.05. The maximum absolute atomic E-state index is 11.8. The molecule has 0 fully saturated rings. The Hall–Kier alpha value is -3.21. The molecule has 5 nitrogen and oxygen atoms in total. The first kappa shape index (κ1) is 13.5. The largest absolute Gasteiger partial charge is 0.457 e. The fourth-order valence-corrected chi connectivity index (χ4v) is 2.75. The molecule has 0 unspecified atom stereocenters. The smallest absolute Gasteiger partial charge is 0.344 e. The fraction of sp³-hybridized carbons (Fsp3) is 0.0556. The predicted molar refractivity (Wildman–Crippen MR) is 80.7 cm³/mol. The lowest BCUT2D eigenvalue weighted by atomic mass is 10.1. The highest BCUT2D eigenvalue weighted by Gasteiger charge is 2.28.